The number of rotatable bonds is 6. The number of phenolic OH excluding ortho intramolecular Hbond substituents is 1. The van der Waals surface area contributed by atoms with Crippen LogP contribution in [0.25, 0.3) is 0 Å². The van der Waals surface area contributed by atoms with Gasteiger partial charge in [0.25, 0.3) is 5.91 Å². The molecular weight excluding hydrogens is 326 g/mol. The van der Waals surface area contributed by atoms with Gasteiger partial charge in [0, 0.05) is 18.5 Å². The summed E-state index contributed by atoms with van der Waals surface area (Å²) in [5, 5.41) is 13.7. The fourth-order valence-corrected chi connectivity index (χ4v) is 2.58. The number of hydrogen-bond acceptors (Lipinski definition) is 6. The number of hydrogen-bond donors (Lipinski definition) is 2. The van der Waals surface area contributed by atoms with Crippen LogP contribution >= 0.6 is 0 Å². The molecule has 2 rings (SSSR count). The van der Waals surface area contributed by atoms with Gasteiger partial charge in [0.15, 0.2) is 11.5 Å². The summed E-state index contributed by atoms with van der Waals surface area (Å²) in [6.07, 6.45) is 4.69. The number of phenols is 1. The van der Waals surface area contributed by atoms with Crippen molar-refractivity contribution in [3.8, 4) is 17.2 Å². The number of amides is 2. The third-order valence-electron chi connectivity index (χ3n) is 3.91. The predicted molar refractivity (Wildman–Crippen MR) is 92.0 cm³/mol. The first-order valence-electron chi connectivity index (χ1n) is 8.09. The average molecular weight is 349 g/mol. The first-order valence-corrected chi connectivity index (χ1v) is 8.09. The maximum Gasteiger partial charge on any atom is 0.259 e. The van der Waals surface area contributed by atoms with E-state index in [1.54, 1.807) is 17.0 Å². The summed E-state index contributed by atoms with van der Waals surface area (Å²) >= 11 is 0. The summed E-state index contributed by atoms with van der Waals surface area (Å²) in [6.45, 7) is 0.598. The number of ether oxygens (including phenoxy) is 2. The molecule has 1 saturated heterocycles. The number of benzene rings is 1. The summed E-state index contributed by atoms with van der Waals surface area (Å²) in [6, 6.07) is 3.12. The van der Waals surface area contributed by atoms with Crippen molar-refractivity contribution >= 4 is 18.0 Å². The minimum absolute atomic E-state index is 0.00159. The topological polar surface area (TPSA) is 100 Å². The Balaban J connectivity index is 1.96. The number of nitrogens with zero attached hydrogens (tertiary/aromatic N) is 2. The molecule has 25 heavy (non-hydrogen) atoms. The van der Waals surface area contributed by atoms with E-state index < -0.39 is 0 Å². The molecule has 136 valence electrons. The lowest BCUT2D eigenvalue weighted by Gasteiger charge is -2.18. The van der Waals surface area contributed by atoms with Crippen LogP contribution in [0, 0.1) is 0 Å². The van der Waals surface area contributed by atoms with Gasteiger partial charge in [-0.3, -0.25) is 9.59 Å². The van der Waals surface area contributed by atoms with Crippen LogP contribution < -0.4 is 14.9 Å². The standard InChI is InChI=1S/C17H23N3O5/c1-24-13-8-12(9-14(25-2)17(13)23)10-18-19-15(21)11-20-7-5-3-4-6-16(20)22/h8-10,23H,3-7,11H2,1-2H3,(H,19,21)/b18-10+. The van der Waals surface area contributed by atoms with Gasteiger partial charge in [0.05, 0.1) is 20.4 Å². The minimum Gasteiger partial charge on any atom is -0.502 e. The fourth-order valence-electron chi connectivity index (χ4n) is 2.58. The maximum absolute atomic E-state index is 12.0. The number of aromatic hydroxyl groups is 1. The number of methoxy groups -OCH3 is 2. The second kappa shape index (κ2) is 8.91. The van der Waals surface area contributed by atoms with E-state index in [9.17, 15) is 14.7 Å². The lowest BCUT2D eigenvalue weighted by molar-refractivity contribution is -0.135. The van der Waals surface area contributed by atoms with Gasteiger partial charge in [-0.2, -0.15) is 5.10 Å². The van der Waals surface area contributed by atoms with Gasteiger partial charge in [0.1, 0.15) is 6.54 Å². The zero-order valence-electron chi connectivity index (χ0n) is 14.4. The zero-order valence-corrected chi connectivity index (χ0v) is 14.4. The smallest absolute Gasteiger partial charge is 0.259 e. The first kappa shape index (κ1) is 18.6. The Bertz CT molecular complexity index is 635. The average Bonchev–Trinajstić information content (AvgIpc) is 2.80. The van der Waals surface area contributed by atoms with Crippen molar-refractivity contribution in [3.05, 3.63) is 17.7 Å². The van der Waals surface area contributed by atoms with Crippen LogP contribution in [0.1, 0.15) is 31.2 Å². The highest BCUT2D eigenvalue weighted by Crippen LogP contribution is 2.36. The van der Waals surface area contributed by atoms with Gasteiger partial charge < -0.3 is 19.5 Å². The van der Waals surface area contributed by atoms with Crippen molar-refractivity contribution in [2.75, 3.05) is 27.3 Å². The van der Waals surface area contributed by atoms with Gasteiger partial charge in [-0.05, 0) is 25.0 Å². The van der Waals surface area contributed by atoms with Crippen molar-refractivity contribution in [1.82, 2.24) is 10.3 Å². The van der Waals surface area contributed by atoms with Crippen molar-refractivity contribution in [3.63, 3.8) is 0 Å². The van der Waals surface area contributed by atoms with Gasteiger partial charge in [0.2, 0.25) is 11.7 Å². The number of hydrazone groups is 1. The van der Waals surface area contributed by atoms with Crippen LogP contribution in [-0.2, 0) is 9.59 Å². The molecule has 2 N–H and O–H groups in total. The molecule has 0 aliphatic carbocycles. The van der Waals surface area contributed by atoms with E-state index in [1.807, 2.05) is 0 Å². The molecule has 1 aliphatic heterocycles. The van der Waals surface area contributed by atoms with E-state index in [2.05, 4.69) is 10.5 Å². The van der Waals surface area contributed by atoms with Crippen molar-refractivity contribution < 1.29 is 24.2 Å². The molecule has 0 aromatic heterocycles. The molecule has 1 aromatic carbocycles. The van der Waals surface area contributed by atoms with Crippen molar-refractivity contribution in [2.45, 2.75) is 25.7 Å². The van der Waals surface area contributed by atoms with E-state index in [4.69, 9.17) is 9.47 Å². The van der Waals surface area contributed by atoms with E-state index in [1.165, 1.54) is 20.4 Å². The lowest BCUT2D eigenvalue weighted by atomic mass is 10.2. The molecule has 0 spiro atoms. The summed E-state index contributed by atoms with van der Waals surface area (Å²) < 4.78 is 10.1. The Labute approximate surface area is 146 Å². The summed E-state index contributed by atoms with van der Waals surface area (Å²) in [4.78, 5) is 25.4. The van der Waals surface area contributed by atoms with Gasteiger partial charge in [-0.1, -0.05) is 6.42 Å². The van der Waals surface area contributed by atoms with E-state index in [0.717, 1.165) is 19.3 Å². The molecule has 0 unspecified atom stereocenters. The van der Waals surface area contributed by atoms with Crippen LogP contribution in [0.15, 0.2) is 17.2 Å². The zero-order chi connectivity index (χ0) is 18.2. The van der Waals surface area contributed by atoms with Crippen LogP contribution in [-0.4, -0.2) is 55.3 Å². The number of carbonyl (C=O) groups is 2. The predicted octanol–water partition coefficient (Wildman–Crippen LogP) is 1.26. The second-order valence-corrected chi connectivity index (χ2v) is 5.69. The van der Waals surface area contributed by atoms with Crippen LogP contribution in [0.3, 0.4) is 0 Å². The largest absolute Gasteiger partial charge is 0.502 e. The minimum atomic E-state index is -0.357. The molecule has 0 radical (unpaired) electrons. The third-order valence-corrected chi connectivity index (χ3v) is 3.91. The quantitative estimate of drug-likeness (QED) is 0.595. The number of carbonyl (C=O) groups excluding carboxylic acids is 2. The molecule has 0 bridgehead atoms. The van der Waals surface area contributed by atoms with Crippen LogP contribution in [0.4, 0.5) is 0 Å². The number of likely N-dealkylation sites (tertiary alicyclic amines) is 1. The highest BCUT2D eigenvalue weighted by atomic mass is 16.5. The summed E-state index contributed by atoms with van der Waals surface area (Å²) in [5.41, 5.74) is 2.98. The van der Waals surface area contributed by atoms with Gasteiger partial charge >= 0.3 is 0 Å². The monoisotopic (exact) mass is 349 g/mol. The SMILES string of the molecule is COc1cc(/C=N/NC(=O)CN2CCCCCC2=O)cc(OC)c1O. The highest BCUT2D eigenvalue weighted by Gasteiger charge is 2.18. The molecule has 1 aromatic rings. The molecule has 1 heterocycles. The summed E-state index contributed by atoms with van der Waals surface area (Å²) in [5.74, 6) is 0.0179. The molecule has 1 fully saturated rings. The molecule has 0 atom stereocenters. The maximum atomic E-state index is 12.0. The van der Waals surface area contributed by atoms with E-state index in [-0.39, 0.29) is 35.6 Å². The van der Waals surface area contributed by atoms with Crippen LogP contribution in [0.5, 0.6) is 17.2 Å². The van der Waals surface area contributed by atoms with E-state index in [0.29, 0.717) is 18.5 Å². The molecular formula is C17H23N3O5. The lowest BCUT2D eigenvalue weighted by Crippen LogP contribution is -2.39. The van der Waals surface area contributed by atoms with Crippen LogP contribution in [0.2, 0.25) is 0 Å². The van der Waals surface area contributed by atoms with Gasteiger partial charge in [-0.25, -0.2) is 5.43 Å². The molecule has 1 aliphatic rings. The number of nitrogens with one attached hydrogen (secondary N) is 1. The molecule has 8 heteroatoms. The Morgan fingerprint density at radius 1 is 1.28 bits per heavy atom. The van der Waals surface area contributed by atoms with Crippen molar-refractivity contribution in [2.24, 2.45) is 5.10 Å². The van der Waals surface area contributed by atoms with E-state index >= 15 is 0 Å². The van der Waals surface area contributed by atoms with Gasteiger partial charge in [-0.15, -0.1) is 0 Å². The second-order valence-electron chi connectivity index (χ2n) is 5.69. The third kappa shape index (κ3) is 5.10. The fraction of sp³-hybridized carbons (Fsp3) is 0.471. The molecule has 2 amide bonds. The molecule has 0 saturated carbocycles. The summed E-state index contributed by atoms with van der Waals surface area (Å²) in [7, 11) is 2.85. The highest BCUT2D eigenvalue weighted by molar-refractivity contribution is 5.87. The van der Waals surface area contributed by atoms with Crippen molar-refractivity contribution in [1.29, 1.82) is 0 Å². The normalized spacial score (nSPS) is 15.1. The Morgan fingerprint density at radius 2 is 1.96 bits per heavy atom. The Morgan fingerprint density at radius 3 is 2.60 bits per heavy atom. The Hall–Kier alpha value is -2.77. The Kier molecular flexibility index (Phi) is 6.62. The molecule has 8 nitrogen and oxygen atoms in total. The first-order chi connectivity index (χ1) is 12.0.